The molecule has 1 heterocycles. The lowest BCUT2D eigenvalue weighted by Gasteiger charge is -2.27. The highest BCUT2D eigenvalue weighted by atomic mass is 16.6. The molecule has 0 spiro atoms. The van der Waals surface area contributed by atoms with E-state index in [9.17, 15) is 14.4 Å². The standard InChI is InChI=1S/C19H25N3O5/c1-19(2,3)27-18(25)22-11-14(10-15(22)17(24)26-5)21-16(23)12-6-8-13(20-4)9-7-12/h6-9,14-15H,4,10-11H2,1-3,5H3,(H,21,23)/t14-,15-/m0/s1. The molecule has 1 saturated heterocycles. The molecule has 2 rings (SSSR count). The SMILES string of the molecule is C=Nc1ccc(C(=O)N[C@H]2C[C@@H](C(=O)OC)N(C(=O)OC(C)(C)C)C2)cc1. The Morgan fingerprint density at radius 1 is 1.22 bits per heavy atom. The van der Waals surface area contributed by atoms with Crippen LogP contribution in [0.2, 0.25) is 0 Å². The van der Waals surface area contributed by atoms with E-state index in [2.05, 4.69) is 17.0 Å². The number of benzene rings is 1. The Hall–Kier alpha value is -2.90. The average molecular weight is 375 g/mol. The van der Waals surface area contributed by atoms with Crippen molar-refractivity contribution in [3.05, 3.63) is 29.8 Å². The minimum Gasteiger partial charge on any atom is -0.467 e. The van der Waals surface area contributed by atoms with Crippen LogP contribution in [0.4, 0.5) is 10.5 Å². The Bertz CT molecular complexity index is 724. The van der Waals surface area contributed by atoms with Gasteiger partial charge in [0.15, 0.2) is 0 Å². The van der Waals surface area contributed by atoms with Gasteiger partial charge in [0, 0.05) is 24.6 Å². The molecule has 146 valence electrons. The number of methoxy groups -OCH3 is 1. The second-order valence-electron chi connectivity index (χ2n) is 7.28. The number of aliphatic imine (C=N–C) groups is 1. The Morgan fingerprint density at radius 3 is 2.37 bits per heavy atom. The Kier molecular flexibility index (Phi) is 6.20. The number of nitrogens with zero attached hydrogens (tertiary/aromatic N) is 2. The maximum atomic E-state index is 12.4. The third-order valence-electron chi connectivity index (χ3n) is 4.05. The lowest BCUT2D eigenvalue weighted by Crippen LogP contribution is -2.44. The minimum atomic E-state index is -0.803. The number of rotatable bonds is 4. The lowest BCUT2D eigenvalue weighted by atomic mass is 10.1. The molecule has 1 fully saturated rings. The van der Waals surface area contributed by atoms with E-state index in [1.807, 2.05) is 0 Å². The average Bonchev–Trinajstić information content (AvgIpc) is 3.03. The van der Waals surface area contributed by atoms with E-state index < -0.39 is 29.7 Å². The Labute approximate surface area is 158 Å². The first-order valence-corrected chi connectivity index (χ1v) is 8.59. The van der Waals surface area contributed by atoms with Crippen LogP contribution in [0.15, 0.2) is 29.3 Å². The van der Waals surface area contributed by atoms with E-state index >= 15 is 0 Å². The highest BCUT2D eigenvalue weighted by Crippen LogP contribution is 2.23. The molecule has 0 saturated carbocycles. The van der Waals surface area contributed by atoms with Crippen LogP contribution >= 0.6 is 0 Å². The Balaban J connectivity index is 2.09. The van der Waals surface area contributed by atoms with Gasteiger partial charge in [-0.15, -0.1) is 0 Å². The summed E-state index contributed by atoms with van der Waals surface area (Å²) in [4.78, 5) is 42.0. The normalized spacial score (nSPS) is 19.3. The summed E-state index contributed by atoms with van der Waals surface area (Å²) in [5.74, 6) is -0.843. The van der Waals surface area contributed by atoms with E-state index in [1.165, 1.54) is 12.0 Å². The van der Waals surface area contributed by atoms with Crippen LogP contribution in [0.3, 0.4) is 0 Å². The van der Waals surface area contributed by atoms with Crippen molar-refractivity contribution in [2.75, 3.05) is 13.7 Å². The van der Waals surface area contributed by atoms with Crippen molar-refractivity contribution in [2.45, 2.75) is 44.9 Å². The number of carbonyl (C=O) groups excluding carboxylic acids is 3. The van der Waals surface area contributed by atoms with Gasteiger partial charge in [0.2, 0.25) is 0 Å². The lowest BCUT2D eigenvalue weighted by molar-refractivity contribution is -0.145. The zero-order chi connectivity index (χ0) is 20.2. The van der Waals surface area contributed by atoms with E-state index in [0.29, 0.717) is 11.3 Å². The molecule has 1 N–H and O–H groups in total. The molecule has 1 aliphatic heterocycles. The maximum Gasteiger partial charge on any atom is 0.411 e. The van der Waals surface area contributed by atoms with Gasteiger partial charge in [-0.2, -0.15) is 0 Å². The molecule has 1 aliphatic rings. The van der Waals surface area contributed by atoms with Crippen LogP contribution in [0.5, 0.6) is 0 Å². The first kappa shape index (κ1) is 20.4. The van der Waals surface area contributed by atoms with Crippen LogP contribution in [-0.4, -0.2) is 60.9 Å². The summed E-state index contributed by atoms with van der Waals surface area (Å²) < 4.78 is 10.2. The number of likely N-dealkylation sites (tertiary alicyclic amines) is 1. The number of ether oxygens (including phenoxy) is 2. The fourth-order valence-corrected chi connectivity index (χ4v) is 2.81. The first-order valence-electron chi connectivity index (χ1n) is 8.59. The summed E-state index contributed by atoms with van der Waals surface area (Å²) in [5, 5.41) is 2.85. The van der Waals surface area contributed by atoms with Gasteiger partial charge in [-0.1, -0.05) is 0 Å². The molecule has 2 amide bonds. The van der Waals surface area contributed by atoms with Gasteiger partial charge < -0.3 is 14.8 Å². The molecule has 8 nitrogen and oxygen atoms in total. The maximum absolute atomic E-state index is 12.4. The highest BCUT2D eigenvalue weighted by Gasteiger charge is 2.42. The van der Waals surface area contributed by atoms with Crippen LogP contribution in [-0.2, 0) is 14.3 Å². The van der Waals surface area contributed by atoms with Crippen LogP contribution in [0.1, 0.15) is 37.6 Å². The topological polar surface area (TPSA) is 97.3 Å². The van der Waals surface area contributed by atoms with E-state index in [0.717, 1.165) is 0 Å². The van der Waals surface area contributed by atoms with Crippen molar-refractivity contribution < 1.29 is 23.9 Å². The molecule has 0 unspecified atom stereocenters. The third-order valence-corrected chi connectivity index (χ3v) is 4.05. The molecule has 2 atom stereocenters. The molecule has 0 aliphatic carbocycles. The number of carbonyl (C=O) groups is 3. The van der Waals surface area contributed by atoms with Crippen molar-refractivity contribution in [3.8, 4) is 0 Å². The Morgan fingerprint density at radius 2 is 1.85 bits per heavy atom. The quantitative estimate of drug-likeness (QED) is 0.643. The van der Waals surface area contributed by atoms with Gasteiger partial charge >= 0.3 is 12.1 Å². The fraction of sp³-hybridized carbons (Fsp3) is 0.474. The first-order chi connectivity index (χ1) is 12.6. The molecule has 0 radical (unpaired) electrons. The largest absolute Gasteiger partial charge is 0.467 e. The van der Waals surface area contributed by atoms with E-state index in [4.69, 9.17) is 9.47 Å². The summed E-state index contributed by atoms with van der Waals surface area (Å²) in [6.45, 7) is 8.82. The molecular formula is C19H25N3O5. The number of hydrogen-bond donors (Lipinski definition) is 1. The summed E-state index contributed by atoms with van der Waals surface area (Å²) in [7, 11) is 1.26. The van der Waals surface area contributed by atoms with Gasteiger partial charge in [-0.05, 0) is 51.8 Å². The molecule has 27 heavy (non-hydrogen) atoms. The third kappa shape index (κ3) is 5.29. The number of nitrogens with one attached hydrogen (secondary N) is 1. The van der Waals surface area contributed by atoms with Crippen molar-refractivity contribution in [1.29, 1.82) is 0 Å². The molecular weight excluding hydrogens is 350 g/mol. The van der Waals surface area contributed by atoms with Crippen LogP contribution < -0.4 is 5.32 Å². The van der Waals surface area contributed by atoms with Crippen molar-refractivity contribution in [2.24, 2.45) is 4.99 Å². The van der Waals surface area contributed by atoms with Crippen LogP contribution in [0.25, 0.3) is 0 Å². The fourth-order valence-electron chi connectivity index (χ4n) is 2.81. The van der Waals surface area contributed by atoms with Gasteiger partial charge in [0.1, 0.15) is 11.6 Å². The number of esters is 1. The molecule has 0 aromatic heterocycles. The van der Waals surface area contributed by atoms with Gasteiger partial charge in [-0.3, -0.25) is 14.7 Å². The van der Waals surface area contributed by atoms with Gasteiger partial charge in [0.05, 0.1) is 12.8 Å². The molecule has 8 heteroatoms. The number of amides is 2. The summed E-state index contributed by atoms with van der Waals surface area (Å²) in [6.07, 6.45) is -0.361. The predicted molar refractivity (Wildman–Crippen MR) is 100 cm³/mol. The predicted octanol–water partition coefficient (Wildman–Crippen LogP) is 2.30. The smallest absolute Gasteiger partial charge is 0.411 e. The second-order valence-corrected chi connectivity index (χ2v) is 7.28. The van der Waals surface area contributed by atoms with Gasteiger partial charge in [0.25, 0.3) is 5.91 Å². The molecule has 1 aromatic carbocycles. The monoisotopic (exact) mass is 375 g/mol. The van der Waals surface area contributed by atoms with Crippen molar-refractivity contribution in [3.63, 3.8) is 0 Å². The summed E-state index contributed by atoms with van der Waals surface area (Å²) >= 11 is 0. The summed E-state index contributed by atoms with van der Waals surface area (Å²) in [5.41, 5.74) is 0.419. The zero-order valence-corrected chi connectivity index (χ0v) is 16.0. The van der Waals surface area contributed by atoms with Gasteiger partial charge in [-0.25, -0.2) is 9.59 Å². The number of hydrogen-bond acceptors (Lipinski definition) is 6. The molecule has 0 bridgehead atoms. The molecule has 1 aromatic rings. The van der Waals surface area contributed by atoms with Crippen LogP contribution in [0, 0.1) is 0 Å². The second kappa shape index (κ2) is 8.20. The minimum absolute atomic E-state index is 0.159. The summed E-state index contributed by atoms with van der Waals surface area (Å²) in [6, 6.07) is 5.44. The highest BCUT2D eigenvalue weighted by molar-refractivity contribution is 5.95. The van der Waals surface area contributed by atoms with E-state index in [1.54, 1.807) is 45.0 Å². The van der Waals surface area contributed by atoms with Crippen molar-refractivity contribution >= 4 is 30.4 Å². The van der Waals surface area contributed by atoms with Crippen molar-refractivity contribution in [1.82, 2.24) is 10.2 Å². The van der Waals surface area contributed by atoms with E-state index in [-0.39, 0.29) is 18.9 Å². The zero-order valence-electron chi connectivity index (χ0n) is 16.0.